The molecule has 214 valence electrons. The van der Waals surface area contributed by atoms with Gasteiger partial charge in [-0.05, 0) is 74.9 Å². The van der Waals surface area contributed by atoms with Crippen LogP contribution in [0.4, 0.5) is 5.13 Å². The van der Waals surface area contributed by atoms with Crippen LogP contribution in [0.15, 0.2) is 41.7 Å². The molecule has 0 radical (unpaired) electrons. The number of anilines is 1. The van der Waals surface area contributed by atoms with Gasteiger partial charge in [0.05, 0.1) is 51.1 Å². The van der Waals surface area contributed by atoms with Crippen LogP contribution in [0.3, 0.4) is 0 Å². The second kappa shape index (κ2) is 11.3. The summed E-state index contributed by atoms with van der Waals surface area (Å²) in [7, 11) is 1.55. The molecule has 2 aromatic heterocycles. The summed E-state index contributed by atoms with van der Waals surface area (Å²) in [5.74, 6) is -0.182. The minimum Gasteiger partial charge on any atom is -0.503 e. The Balaban J connectivity index is 1.65. The second-order valence-electron chi connectivity index (χ2n) is 10.7. The Hall–Kier alpha value is -3.76. The highest BCUT2D eigenvalue weighted by atomic mass is 32.1. The molecule has 0 aliphatic carbocycles. The number of Topliss-reactive ketones (excluding diaryl/α,β-unsaturated/α-hetero) is 1. The second-order valence-corrected chi connectivity index (χ2v) is 12.9. The SMILES string of the molecule is COc1cc(C2C(C(=O)c3sc(C)nc3C)=C(O)C(=O)N2c2nc3c(C)cc(C)cc3s2)ccc1OCCC(C)C. The van der Waals surface area contributed by atoms with Gasteiger partial charge in [-0.25, -0.2) is 9.97 Å². The van der Waals surface area contributed by atoms with Crippen molar-refractivity contribution in [2.75, 3.05) is 18.6 Å². The van der Waals surface area contributed by atoms with Gasteiger partial charge in [-0.1, -0.05) is 37.3 Å². The van der Waals surface area contributed by atoms with E-state index >= 15 is 0 Å². The Morgan fingerprint density at radius 3 is 2.49 bits per heavy atom. The lowest BCUT2D eigenvalue weighted by Crippen LogP contribution is -2.31. The third-order valence-electron chi connectivity index (χ3n) is 7.04. The van der Waals surface area contributed by atoms with E-state index in [1.165, 1.54) is 27.6 Å². The van der Waals surface area contributed by atoms with E-state index in [4.69, 9.17) is 14.5 Å². The number of nitrogens with zero attached hydrogens (tertiary/aromatic N) is 3. The number of methoxy groups -OCH3 is 1. The quantitative estimate of drug-likeness (QED) is 0.205. The van der Waals surface area contributed by atoms with Crippen LogP contribution >= 0.6 is 22.7 Å². The van der Waals surface area contributed by atoms with Crippen molar-refractivity contribution in [3.8, 4) is 11.5 Å². The summed E-state index contributed by atoms with van der Waals surface area (Å²) in [6, 6.07) is 8.47. The number of fused-ring (bicyclic) bond motifs is 1. The lowest BCUT2D eigenvalue weighted by atomic mass is 9.95. The van der Waals surface area contributed by atoms with Gasteiger partial charge in [-0.3, -0.25) is 14.5 Å². The molecular weight excluding hydrogens is 558 g/mol. The highest BCUT2D eigenvalue weighted by molar-refractivity contribution is 7.22. The highest BCUT2D eigenvalue weighted by Gasteiger charge is 2.46. The predicted octanol–water partition coefficient (Wildman–Crippen LogP) is 7.20. The first-order valence-corrected chi connectivity index (χ1v) is 15.1. The van der Waals surface area contributed by atoms with Crippen molar-refractivity contribution in [2.45, 2.75) is 54.0 Å². The standard InChI is InChI=1S/C31H33N3O5S2/c1-15(2)10-11-39-21-9-8-20(14-22(21)38-7)26-24(27(35)29-18(5)32-19(6)40-29)28(36)30(37)34(26)31-33-25-17(4)12-16(3)13-23(25)41-31/h8-9,12-15,26,36H,10-11H2,1-7H3. The van der Waals surface area contributed by atoms with E-state index in [9.17, 15) is 14.7 Å². The number of hydrogen-bond donors (Lipinski definition) is 1. The van der Waals surface area contributed by atoms with Crippen LogP contribution in [0.25, 0.3) is 10.2 Å². The van der Waals surface area contributed by atoms with Gasteiger partial charge in [0.25, 0.3) is 5.91 Å². The van der Waals surface area contributed by atoms with Crippen molar-refractivity contribution in [1.82, 2.24) is 9.97 Å². The van der Waals surface area contributed by atoms with E-state index in [1.54, 1.807) is 32.2 Å². The molecule has 41 heavy (non-hydrogen) atoms. The monoisotopic (exact) mass is 591 g/mol. The summed E-state index contributed by atoms with van der Waals surface area (Å²) in [4.78, 5) is 38.8. The lowest BCUT2D eigenvalue weighted by molar-refractivity contribution is -0.117. The van der Waals surface area contributed by atoms with Crippen LogP contribution in [0.2, 0.25) is 0 Å². The number of thiazole rings is 2. The minimum atomic E-state index is -0.933. The van der Waals surface area contributed by atoms with Crippen LogP contribution in [-0.2, 0) is 4.79 Å². The van der Waals surface area contributed by atoms with Gasteiger partial charge in [0.2, 0.25) is 5.78 Å². The molecule has 3 heterocycles. The molecule has 10 heteroatoms. The first-order chi connectivity index (χ1) is 19.5. The van der Waals surface area contributed by atoms with Crippen molar-refractivity contribution in [1.29, 1.82) is 0 Å². The molecular formula is C31H33N3O5S2. The summed E-state index contributed by atoms with van der Waals surface area (Å²) >= 11 is 2.59. The largest absolute Gasteiger partial charge is 0.503 e. The van der Waals surface area contributed by atoms with Gasteiger partial charge in [0, 0.05) is 0 Å². The van der Waals surface area contributed by atoms with Gasteiger partial charge >= 0.3 is 0 Å². The number of aliphatic hydroxyl groups is 1. The first-order valence-electron chi connectivity index (χ1n) is 13.4. The van der Waals surface area contributed by atoms with Gasteiger partial charge in [-0.15, -0.1) is 11.3 Å². The summed E-state index contributed by atoms with van der Waals surface area (Å²) in [5.41, 5.74) is 3.98. The van der Waals surface area contributed by atoms with Crippen molar-refractivity contribution < 1.29 is 24.2 Å². The van der Waals surface area contributed by atoms with Crippen LogP contribution < -0.4 is 14.4 Å². The minimum absolute atomic E-state index is 0.00978. The fourth-order valence-corrected chi connectivity index (χ4v) is 7.10. The number of ketones is 1. The van der Waals surface area contributed by atoms with E-state index < -0.39 is 23.5 Å². The van der Waals surface area contributed by atoms with Gasteiger partial charge in [-0.2, -0.15) is 0 Å². The average molecular weight is 592 g/mol. The Morgan fingerprint density at radius 1 is 1.07 bits per heavy atom. The number of rotatable bonds is 9. The van der Waals surface area contributed by atoms with Crippen LogP contribution in [0.5, 0.6) is 11.5 Å². The molecule has 1 N–H and O–H groups in total. The van der Waals surface area contributed by atoms with E-state index in [-0.39, 0.29) is 5.57 Å². The molecule has 1 unspecified atom stereocenters. The zero-order valence-corrected chi connectivity index (χ0v) is 25.8. The van der Waals surface area contributed by atoms with Crippen molar-refractivity contribution in [3.63, 3.8) is 0 Å². The normalized spacial score (nSPS) is 15.5. The number of hydrogen-bond acceptors (Lipinski definition) is 9. The Kier molecular flexibility index (Phi) is 7.89. The van der Waals surface area contributed by atoms with E-state index in [0.29, 0.717) is 45.3 Å². The van der Waals surface area contributed by atoms with E-state index in [2.05, 4.69) is 18.8 Å². The Labute approximate surface area is 247 Å². The maximum atomic E-state index is 14.0. The molecule has 0 fully saturated rings. The maximum Gasteiger partial charge on any atom is 0.296 e. The van der Waals surface area contributed by atoms with Gasteiger partial charge in [0.1, 0.15) is 0 Å². The third kappa shape index (κ3) is 5.34. The molecule has 2 aromatic carbocycles. The molecule has 0 saturated heterocycles. The number of aryl methyl sites for hydroxylation is 4. The van der Waals surface area contributed by atoms with Crippen LogP contribution in [0, 0.1) is 33.6 Å². The summed E-state index contributed by atoms with van der Waals surface area (Å²) in [6.07, 6.45) is 0.884. The van der Waals surface area contributed by atoms with Gasteiger partial charge < -0.3 is 14.6 Å². The van der Waals surface area contributed by atoms with E-state index in [1.807, 2.05) is 32.9 Å². The number of carbonyl (C=O) groups is 2. The zero-order chi connectivity index (χ0) is 29.6. The fourth-order valence-electron chi connectivity index (χ4n) is 5.05. The molecule has 5 rings (SSSR count). The smallest absolute Gasteiger partial charge is 0.296 e. The Morgan fingerprint density at radius 2 is 1.83 bits per heavy atom. The first kappa shape index (κ1) is 28.8. The molecule has 1 aliphatic rings. The number of benzene rings is 2. The lowest BCUT2D eigenvalue weighted by Gasteiger charge is -2.25. The Bertz CT molecular complexity index is 1700. The number of ether oxygens (including phenoxy) is 2. The number of amides is 1. The molecule has 0 bridgehead atoms. The molecule has 1 atom stereocenters. The maximum absolute atomic E-state index is 14.0. The molecule has 1 aliphatic heterocycles. The molecule has 1 amide bonds. The summed E-state index contributed by atoms with van der Waals surface area (Å²) in [6.45, 7) is 12.3. The van der Waals surface area contributed by atoms with Crippen molar-refractivity contribution in [3.05, 3.63) is 73.9 Å². The van der Waals surface area contributed by atoms with Crippen LogP contribution in [-0.4, -0.2) is 40.5 Å². The third-order valence-corrected chi connectivity index (χ3v) is 9.12. The van der Waals surface area contributed by atoms with Crippen molar-refractivity contribution in [2.24, 2.45) is 5.92 Å². The molecule has 0 spiro atoms. The summed E-state index contributed by atoms with van der Waals surface area (Å²) < 4.78 is 12.6. The highest BCUT2D eigenvalue weighted by Crippen LogP contribution is 2.46. The topological polar surface area (TPSA) is 102 Å². The number of aliphatic hydroxyl groups excluding tert-OH is 1. The number of carbonyl (C=O) groups excluding carboxylic acids is 2. The molecule has 0 saturated carbocycles. The fraction of sp³-hybridized carbons (Fsp3) is 0.355. The molecule has 8 nitrogen and oxygen atoms in total. The van der Waals surface area contributed by atoms with Gasteiger partial charge in [0.15, 0.2) is 22.4 Å². The van der Waals surface area contributed by atoms with Crippen molar-refractivity contribution >= 4 is 49.7 Å². The van der Waals surface area contributed by atoms with E-state index in [0.717, 1.165) is 32.8 Å². The zero-order valence-electron chi connectivity index (χ0n) is 24.2. The van der Waals surface area contributed by atoms with Crippen LogP contribution in [0.1, 0.15) is 63.4 Å². The molecule has 4 aromatic rings. The summed E-state index contributed by atoms with van der Waals surface area (Å²) in [5, 5.41) is 12.4. The number of aromatic nitrogens is 2. The predicted molar refractivity (Wildman–Crippen MR) is 163 cm³/mol. The average Bonchev–Trinajstić information content (AvgIpc) is 3.56.